The molecule has 0 bridgehead atoms. The third-order valence-corrected chi connectivity index (χ3v) is 6.26. The number of benzene rings is 1. The van der Waals surface area contributed by atoms with E-state index in [0.717, 1.165) is 0 Å². The molecule has 4 rings (SSSR count). The molecular weight excluding hydrogens is 473 g/mol. The van der Waals surface area contributed by atoms with Crippen LogP contribution in [0, 0.1) is 11.3 Å². The fraction of sp³-hybridized carbons (Fsp3) is 0.364. The van der Waals surface area contributed by atoms with Gasteiger partial charge in [0.1, 0.15) is 11.4 Å². The van der Waals surface area contributed by atoms with Crippen LogP contribution in [0.4, 0.5) is 13.2 Å². The molecule has 1 amide bonds. The second kappa shape index (κ2) is 8.14. The van der Waals surface area contributed by atoms with Crippen molar-refractivity contribution in [3.05, 3.63) is 58.3 Å². The fourth-order valence-corrected chi connectivity index (χ4v) is 4.42. The fourth-order valence-electron chi connectivity index (χ4n) is 4.07. The molecule has 2 atom stereocenters. The average molecular weight is 493 g/mol. The summed E-state index contributed by atoms with van der Waals surface area (Å²) in [6, 6.07) is 8.03. The molecule has 1 aromatic carbocycles. The van der Waals surface area contributed by atoms with Crippen molar-refractivity contribution in [1.82, 2.24) is 24.2 Å². The maximum atomic E-state index is 13.4. The van der Waals surface area contributed by atoms with Crippen molar-refractivity contribution >= 4 is 17.5 Å². The maximum absolute atomic E-state index is 13.4. The third-order valence-electron chi connectivity index (χ3n) is 5.91. The molecule has 0 aliphatic carbocycles. The van der Waals surface area contributed by atoms with E-state index in [1.54, 1.807) is 38.2 Å². The van der Waals surface area contributed by atoms with Crippen LogP contribution in [0.25, 0.3) is 11.3 Å². The number of hydrogen-bond donors (Lipinski definition) is 1. The Labute approximate surface area is 197 Å². The zero-order chi connectivity index (χ0) is 25.0. The van der Waals surface area contributed by atoms with Crippen molar-refractivity contribution < 1.29 is 23.1 Å². The highest BCUT2D eigenvalue weighted by molar-refractivity contribution is 6.36. The molecular formula is C22H20ClF3N6O2. The molecule has 0 saturated heterocycles. The number of alkyl halides is 3. The molecule has 0 saturated carbocycles. The number of rotatable bonds is 3. The van der Waals surface area contributed by atoms with Crippen molar-refractivity contribution in [1.29, 1.82) is 5.26 Å². The summed E-state index contributed by atoms with van der Waals surface area (Å²) < 4.78 is 42.8. The average Bonchev–Trinajstić information content (AvgIpc) is 3.34. The van der Waals surface area contributed by atoms with Crippen molar-refractivity contribution in [3.8, 4) is 17.3 Å². The van der Waals surface area contributed by atoms with Crippen LogP contribution in [-0.2, 0) is 19.2 Å². The number of imidazole rings is 1. The Morgan fingerprint density at radius 3 is 2.53 bits per heavy atom. The Morgan fingerprint density at radius 2 is 1.94 bits per heavy atom. The van der Waals surface area contributed by atoms with Crippen LogP contribution in [0.15, 0.2) is 30.5 Å². The first kappa shape index (κ1) is 23.8. The summed E-state index contributed by atoms with van der Waals surface area (Å²) in [5.74, 6) is -0.959. The number of nitriles is 1. The van der Waals surface area contributed by atoms with Gasteiger partial charge in [0.15, 0.2) is 5.82 Å². The van der Waals surface area contributed by atoms with E-state index in [-0.39, 0.29) is 23.8 Å². The molecule has 12 heteroatoms. The highest BCUT2D eigenvalue weighted by Crippen LogP contribution is 2.40. The maximum Gasteiger partial charge on any atom is 0.424 e. The number of aryl methyl sites for hydroxylation is 1. The number of nitrogens with zero attached hydrogens (tertiary/aromatic N) is 6. The van der Waals surface area contributed by atoms with Gasteiger partial charge in [0.05, 0.1) is 41.1 Å². The molecule has 3 heterocycles. The van der Waals surface area contributed by atoms with Gasteiger partial charge in [-0.1, -0.05) is 23.7 Å². The molecule has 2 aromatic heterocycles. The summed E-state index contributed by atoms with van der Waals surface area (Å²) in [4.78, 5) is 18.7. The number of halogens is 4. The third kappa shape index (κ3) is 3.73. The first-order chi connectivity index (χ1) is 15.9. The van der Waals surface area contributed by atoms with Crippen LogP contribution in [-0.4, -0.2) is 48.0 Å². The Kier molecular flexibility index (Phi) is 5.70. The lowest BCUT2D eigenvalue weighted by atomic mass is 10.0. The van der Waals surface area contributed by atoms with E-state index in [4.69, 9.17) is 16.9 Å². The summed E-state index contributed by atoms with van der Waals surface area (Å²) in [5, 5.41) is 23.6. The molecule has 3 aromatic rings. The lowest BCUT2D eigenvalue weighted by Crippen LogP contribution is -2.46. The number of aliphatic hydroxyl groups is 1. The van der Waals surface area contributed by atoms with Gasteiger partial charge in [0.2, 0.25) is 5.60 Å². The molecule has 1 N–H and O–H groups in total. The van der Waals surface area contributed by atoms with E-state index in [0.29, 0.717) is 29.4 Å². The first-order valence-corrected chi connectivity index (χ1v) is 10.6. The van der Waals surface area contributed by atoms with Crippen LogP contribution in [0.1, 0.15) is 47.5 Å². The summed E-state index contributed by atoms with van der Waals surface area (Å²) in [5.41, 5.74) is -1.18. The number of amides is 1. The van der Waals surface area contributed by atoms with E-state index in [9.17, 15) is 23.1 Å². The van der Waals surface area contributed by atoms with Gasteiger partial charge in [-0.2, -0.15) is 23.5 Å². The van der Waals surface area contributed by atoms with Gasteiger partial charge in [-0.15, -0.1) is 0 Å². The lowest BCUT2D eigenvalue weighted by Gasteiger charge is -2.36. The largest absolute Gasteiger partial charge is 0.424 e. The Hall–Kier alpha value is -3.36. The topological polar surface area (TPSA) is 100.0 Å². The van der Waals surface area contributed by atoms with Gasteiger partial charge in [-0.25, -0.2) is 4.98 Å². The zero-order valence-electron chi connectivity index (χ0n) is 18.4. The van der Waals surface area contributed by atoms with Crippen LogP contribution >= 0.6 is 11.6 Å². The molecule has 0 fully saturated rings. The smallest absolute Gasteiger partial charge is 0.374 e. The molecule has 1 aliphatic rings. The van der Waals surface area contributed by atoms with E-state index >= 15 is 0 Å². The molecule has 178 valence electrons. The van der Waals surface area contributed by atoms with Gasteiger partial charge in [-0.05, 0) is 26.0 Å². The van der Waals surface area contributed by atoms with Gasteiger partial charge >= 0.3 is 6.18 Å². The van der Waals surface area contributed by atoms with Crippen LogP contribution in [0.2, 0.25) is 5.02 Å². The van der Waals surface area contributed by atoms with Crippen molar-refractivity contribution in [3.63, 3.8) is 0 Å². The van der Waals surface area contributed by atoms with E-state index in [2.05, 4.69) is 10.1 Å². The molecule has 0 unspecified atom stereocenters. The molecule has 8 nitrogen and oxygen atoms in total. The minimum atomic E-state index is -4.91. The van der Waals surface area contributed by atoms with Crippen molar-refractivity contribution in [2.45, 2.75) is 38.2 Å². The van der Waals surface area contributed by atoms with Crippen LogP contribution < -0.4 is 0 Å². The minimum Gasteiger partial charge on any atom is -0.374 e. The van der Waals surface area contributed by atoms with Crippen LogP contribution in [0.5, 0.6) is 0 Å². The van der Waals surface area contributed by atoms with Crippen molar-refractivity contribution in [2.24, 2.45) is 7.05 Å². The normalized spacial score (nSPS) is 17.7. The standard InChI is InChI=1S/C22H20ClF3N6O2/c1-12-10-31(11-15-9-28-20(32(12)15)21(2,34)22(24,25)26)19(33)18-16(23)17(29-30(18)3)14-6-4-13(8-27)5-7-14/h4-7,9,12,34H,10-11H2,1-3H3/t12-,21+/m0/s1. The summed E-state index contributed by atoms with van der Waals surface area (Å²) in [6.45, 7) is 2.37. The zero-order valence-corrected chi connectivity index (χ0v) is 19.2. The number of aromatic nitrogens is 4. The predicted molar refractivity (Wildman–Crippen MR) is 116 cm³/mol. The predicted octanol–water partition coefficient (Wildman–Crippen LogP) is 3.80. The highest BCUT2D eigenvalue weighted by Gasteiger charge is 2.55. The van der Waals surface area contributed by atoms with Crippen LogP contribution in [0.3, 0.4) is 0 Å². The monoisotopic (exact) mass is 492 g/mol. The number of hydrogen-bond acceptors (Lipinski definition) is 5. The second-order valence-electron chi connectivity index (χ2n) is 8.37. The Balaban J connectivity index is 1.65. The van der Waals surface area contributed by atoms with E-state index < -0.39 is 29.6 Å². The number of carbonyl (C=O) groups excluding carboxylic acids is 1. The van der Waals surface area contributed by atoms with Gasteiger partial charge in [-0.3, -0.25) is 9.48 Å². The molecule has 1 aliphatic heterocycles. The van der Waals surface area contributed by atoms with Crippen molar-refractivity contribution in [2.75, 3.05) is 6.54 Å². The summed E-state index contributed by atoms with van der Waals surface area (Å²) >= 11 is 6.53. The summed E-state index contributed by atoms with van der Waals surface area (Å²) in [6.07, 6.45) is -3.68. The van der Waals surface area contributed by atoms with E-state index in [1.165, 1.54) is 20.3 Å². The highest BCUT2D eigenvalue weighted by atomic mass is 35.5. The molecule has 0 radical (unpaired) electrons. The Bertz CT molecular complexity index is 1300. The second-order valence-corrected chi connectivity index (χ2v) is 8.75. The number of fused-ring (bicyclic) bond motifs is 1. The first-order valence-electron chi connectivity index (χ1n) is 10.2. The van der Waals surface area contributed by atoms with Gasteiger partial charge < -0.3 is 14.6 Å². The van der Waals surface area contributed by atoms with Gasteiger partial charge in [0.25, 0.3) is 5.91 Å². The quantitative estimate of drug-likeness (QED) is 0.599. The van der Waals surface area contributed by atoms with Gasteiger partial charge in [0, 0.05) is 19.2 Å². The summed E-state index contributed by atoms with van der Waals surface area (Å²) in [7, 11) is 1.57. The van der Waals surface area contributed by atoms with E-state index in [1.807, 2.05) is 6.07 Å². The molecule has 34 heavy (non-hydrogen) atoms. The number of carbonyl (C=O) groups is 1. The molecule has 0 spiro atoms. The lowest BCUT2D eigenvalue weighted by molar-refractivity contribution is -0.263. The Morgan fingerprint density at radius 1 is 1.29 bits per heavy atom. The SMILES string of the molecule is C[C@H]1CN(C(=O)c2c(Cl)c(-c3ccc(C#N)cc3)nn2C)Cc2cnc([C@@](C)(O)C(F)(F)F)n21. The minimum absolute atomic E-state index is 0.0161.